The Hall–Kier alpha value is -4.76. The van der Waals surface area contributed by atoms with Crippen LogP contribution in [0.3, 0.4) is 0 Å². The Balaban J connectivity index is 1.45. The Morgan fingerprint density at radius 1 is 1.02 bits per heavy atom. The summed E-state index contributed by atoms with van der Waals surface area (Å²) in [4.78, 5) is 38.6. The highest BCUT2D eigenvalue weighted by Crippen LogP contribution is 2.38. The molecule has 40 heavy (non-hydrogen) atoms. The van der Waals surface area contributed by atoms with E-state index in [0.29, 0.717) is 50.1 Å². The molecule has 0 spiro atoms. The largest absolute Gasteiger partial charge is 0.361 e. The summed E-state index contributed by atoms with van der Waals surface area (Å²) in [6.07, 6.45) is 8.97. The van der Waals surface area contributed by atoms with Gasteiger partial charge in [0, 0.05) is 35.1 Å². The fourth-order valence-corrected chi connectivity index (χ4v) is 5.69. The molecule has 10 heteroatoms. The summed E-state index contributed by atoms with van der Waals surface area (Å²) in [6.45, 7) is 1.89. The number of hydrogen-bond donors (Lipinski definition) is 2. The summed E-state index contributed by atoms with van der Waals surface area (Å²) in [5.41, 5.74) is 2.88. The first kappa shape index (κ1) is 24.3. The molecule has 198 valence electrons. The molecule has 2 aromatic carbocycles. The third-order valence-electron chi connectivity index (χ3n) is 7.34. The molecule has 1 aliphatic rings. The summed E-state index contributed by atoms with van der Waals surface area (Å²) in [7, 11) is 0. The van der Waals surface area contributed by atoms with Crippen molar-refractivity contribution in [3.63, 3.8) is 0 Å². The number of halogens is 1. The van der Waals surface area contributed by atoms with Crippen molar-refractivity contribution < 1.29 is 0 Å². The second-order valence-corrected chi connectivity index (χ2v) is 10.4. The van der Waals surface area contributed by atoms with Crippen molar-refractivity contribution in [2.45, 2.75) is 31.8 Å². The maximum atomic E-state index is 14.4. The molecule has 2 N–H and O–H groups in total. The summed E-state index contributed by atoms with van der Waals surface area (Å²) in [5, 5.41) is 9.80. The number of anilines is 1. The first-order valence-corrected chi connectivity index (χ1v) is 13.4. The smallest absolute Gasteiger partial charge is 0.263 e. The number of para-hydroxylation sites is 1. The molecule has 0 saturated heterocycles. The van der Waals surface area contributed by atoms with Crippen LogP contribution in [0.25, 0.3) is 38.6 Å². The maximum Gasteiger partial charge on any atom is 0.263 e. The zero-order chi connectivity index (χ0) is 27.4. The maximum absolute atomic E-state index is 14.4. The number of rotatable bonds is 6. The van der Waals surface area contributed by atoms with Crippen LogP contribution < -0.4 is 16.3 Å². The molecule has 4 aromatic heterocycles. The zero-order valence-electron chi connectivity index (χ0n) is 21.5. The van der Waals surface area contributed by atoms with Gasteiger partial charge in [0.1, 0.15) is 23.2 Å². The van der Waals surface area contributed by atoms with E-state index in [-0.39, 0.29) is 11.0 Å². The zero-order valence-corrected chi connectivity index (χ0v) is 22.3. The highest BCUT2D eigenvalue weighted by molar-refractivity contribution is 6.36. The normalized spacial score (nSPS) is 14.1. The van der Waals surface area contributed by atoms with Crippen molar-refractivity contribution in [2.75, 3.05) is 5.32 Å². The van der Waals surface area contributed by atoms with Gasteiger partial charge in [-0.2, -0.15) is 5.10 Å². The first-order chi connectivity index (χ1) is 19.5. The number of H-pyrrole nitrogens is 1. The number of nitrogens with zero attached hydrogens (tertiary/aromatic N) is 5. The Kier molecular flexibility index (Phi) is 5.74. The molecule has 0 bridgehead atoms. The number of nitrogens with one attached hydrogen (secondary N) is 2. The Morgan fingerprint density at radius 3 is 2.65 bits per heavy atom. The average molecular weight is 550 g/mol. The van der Waals surface area contributed by atoms with Crippen LogP contribution >= 0.6 is 11.6 Å². The lowest BCUT2D eigenvalue weighted by molar-refractivity contribution is 0.642. The van der Waals surface area contributed by atoms with Gasteiger partial charge in [-0.25, -0.2) is 9.97 Å². The van der Waals surface area contributed by atoms with Crippen LogP contribution in [0.4, 0.5) is 5.82 Å². The molecule has 0 unspecified atom stereocenters. The number of pyridine rings is 2. The van der Waals surface area contributed by atoms with E-state index >= 15 is 0 Å². The van der Waals surface area contributed by atoms with Crippen molar-refractivity contribution in [3.8, 4) is 16.8 Å². The lowest BCUT2D eigenvalue weighted by atomic mass is 9.99. The van der Waals surface area contributed by atoms with Crippen molar-refractivity contribution in [3.05, 3.63) is 111 Å². The molecule has 6 aromatic rings. The van der Waals surface area contributed by atoms with Gasteiger partial charge < -0.3 is 10.3 Å². The summed E-state index contributed by atoms with van der Waals surface area (Å²) in [6, 6.07) is 16.5. The van der Waals surface area contributed by atoms with Crippen LogP contribution in [0, 0.1) is 0 Å². The SMILES string of the molecule is C[C@H](Nc1ncnc2[nH]ccc(=O)c12)c1c(Cl)c2cccc(-c3cnn(C4CC4)c3)c2c(=O)n1-c1ccccc1. The van der Waals surface area contributed by atoms with Crippen molar-refractivity contribution >= 4 is 39.2 Å². The predicted molar refractivity (Wildman–Crippen MR) is 156 cm³/mol. The summed E-state index contributed by atoms with van der Waals surface area (Å²) in [5.74, 6) is 0.351. The van der Waals surface area contributed by atoms with Gasteiger partial charge in [0.2, 0.25) is 0 Å². The van der Waals surface area contributed by atoms with Crippen LogP contribution in [0.5, 0.6) is 0 Å². The van der Waals surface area contributed by atoms with Gasteiger partial charge in [-0.15, -0.1) is 0 Å². The molecule has 9 nitrogen and oxygen atoms in total. The standard InChI is InChI=1S/C30H24ClN7O2/c1-17(36-29-25-23(39)12-13-32-28(25)33-16-34-29)27-26(31)22-9-5-8-21(18-14-35-37(15-18)19-10-11-19)24(22)30(40)38(27)20-6-3-2-4-7-20/h2-9,12-17,19H,10-11H2,1H3,(H2,32,33,34,36,39)/t17-/m0/s1. The Labute approximate surface area is 233 Å². The van der Waals surface area contributed by atoms with Gasteiger partial charge in [0.15, 0.2) is 5.43 Å². The lowest BCUT2D eigenvalue weighted by Crippen LogP contribution is -2.27. The monoisotopic (exact) mass is 549 g/mol. The number of fused-ring (bicyclic) bond motifs is 2. The average Bonchev–Trinajstić information content (AvgIpc) is 3.71. The number of aromatic nitrogens is 6. The van der Waals surface area contributed by atoms with Crippen LogP contribution in [0.2, 0.25) is 5.02 Å². The topological polar surface area (TPSA) is 110 Å². The Bertz CT molecular complexity index is 2020. The van der Waals surface area contributed by atoms with Crippen molar-refractivity contribution in [1.82, 2.24) is 29.3 Å². The predicted octanol–water partition coefficient (Wildman–Crippen LogP) is 5.65. The van der Waals surface area contributed by atoms with Gasteiger partial charge in [-0.3, -0.25) is 18.8 Å². The van der Waals surface area contributed by atoms with E-state index in [9.17, 15) is 9.59 Å². The van der Waals surface area contributed by atoms with E-state index in [0.717, 1.165) is 24.0 Å². The van der Waals surface area contributed by atoms with E-state index < -0.39 is 6.04 Å². The van der Waals surface area contributed by atoms with Gasteiger partial charge in [-0.1, -0.05) is 48.0 Å². The quantitative estimate of drug-likeness (QED) is 0.278. The lowest BCUT2D eigenvalue weighted by Gasteiger charge is -2.24. The third-order valence-corrected chi connectivity index (χ3v) is 7.74. The van der Waals surface area contributed by atoms with Crippen molar-refractivity contribution in [2.24, 2.45) is 0 Å². The van der Waals surface area contributed by atoms with Crippen LogP contribution in [-0.2, 0) is 0 Å². The molecule has 1 atom stereocenters. The first-order valence-electron chi connectivity index (χ1n) is 13.1. The van der Waals surface area contributed by atoms with Gasteiger partial charge in [-0.05, 0) is 37.5 Å². The highest BCUT2D eigenvalue weighted by atomic mass is 35.5. The fourth-order valence-electron chi connectivity index (χ4n) is 5.29. The van der Waals surface area contributed by atoms with E-state index in [1.807, 2.05) is 72.5 Å². The van der Waals surface area contributed by atoms with Crippen LogP contribution in [0.15, 0.2) is 89.1 Å². The molecule has 0 amide bonds. The van der Waals surface area contributed by atoms with Crippen molar-refractivity contribution in [1.29, 1.82) is 0 Å². The highest BCUT2D eigenvalue weighted by Gasteiger charge is 2.27. The van der Waals surface area contributed by atoms with E-state index in [4.69, 9.17) is 11.6 Å². The second-order valence-electron chi connectivity index (χ2n) is 10.00. The van der Waals surface area contributed by atoms with Gasteiger partial charge >= 0.3 is 0 Å². The number of hydrogen-bond acceptors (Lipinski definition) is 6. The molecule has 4 heterocycles. The molecular formula is C30H24ClN7O2. The molecular weight excluding hydrogens is 526 g/mol. The molecule has 0 aliphatic heterocycles. The minimum absolute atomic E-state index is 0.200. The van der Waals surface area contributed by atoms with Crippen LogP contribution in [0.1, 0.15) is 37.5 Å². The molecule has 7 rings (SSSR count). The minimum atomic E-state index is -0.510. The molecule has 1 fully saturated rings. The van der Waals surface area contributed by atoms with E-state index in [1.165, 1.54) is 12.4 Å². The van der Waals surface area contributed by atoms with E-state index in [1.54, 1.807) is 10.8 Å². The molecule has 1 aliphatic carbocycles. The second kappa shape index (κ2) is 9.46. The molecule has 1 saturated carbocycles. The third kappa shape index (κ3) is 3.97. The van der Waals surface area contributed by atoms with Crippen LogP contribution in [-0.4, -0.2) is 29.3 Å². The minimum Gasteiger partial charge on any atom is -0.361 e. The Morgan fingerprint density at radius 2 is 1.85 bits per heavy atom. The number of benzene rings is 2. The summed E-state index contributed by atoms with van der Waals surface area (Å²) >= 11 is 7.18. The molecule has 0 radical (unpaired) electrons. The fraction of sp³-hybridized carbons (Fsp3) is 0.167. The number of aromatic amines is 1. The van der Waals surface area contributed by atoms with Gasteiger partial charge in [0.25, 0.3) is 5.56 Å². The van der Waals surface area contributed by atoms with Gasteiger partial charge in [0.05, 0.1) is 34.4 Å². The summed E-state index contributed by atoms with van der Waals surface area (Å²) < 4.78 is 3.62. The van der Waals surface area contributed by atoms with E-state index in [2.05, 4.69) is 25.4 Å².